The number of aromatic nitrogens is 1. The van der Waals surface area contributed by atoms with Crippen LogP contribution in [-0.2, 0) is 9.53 Å². The average molecular weight is 372 g/mol. The Morgan fingerprint density at radius 3 is 2.85 bits per heavy atom. The molecule has 1 aromatic heterocycles. The summed E-state index contributed by atoms with van der Waals surface area (Å²) in [6.07, 6.45) is 9.99. The number of halogens is 1. The summed E-state index contributed by atoms with van der Waals surface area (Å²) in [6, 6.07) is 6.17. The van der Waals surface area contributed by atoms with Gasteiger partial charge in [-0.3, -0.25) is 4.79 Å². The van der Waals surface area contributed by atoms with Crippen LogP contribution >= 0.6 is 0 Å². The van der Waals surface area contributed by atoms with Crippen LogP contribution in [0.25, 0.3) is 0 Å². The molecule has 0 aliphatic carbocycles. The maximum atomic E-state index is 13.2. The first-order valence-corrected chi connectivity index (χ1v) is 9.42. The second-order valence-electron chi connectivity index (χ2n) is 6.67. The lowest BCUT2D eigenvalue weighted by molar-refractivity contribution is -0.149. The number of nitrogens with zero attached hydrogens (tertiary/aromatic N) is 2. The molecule has 27 heavy (non-hydrogen) atoms. The zero-order valence-corrected chi connectivity index (χ0v) is 15.5. The third-order valence-electron chi connectivity index (χ3n) is 4.74. The number of carbonyl (C=O) groups is 1. The van der Waals surface area contributed by atoms with Crippen molar-refractivity contribution >= 4 is 5.97 Å². The lowest BCUT2D eigenvalue weighted by Crippen LogP contribution is -2.25. The Morgan fingerprint density at radius 1 is 1.41 bits per heavy atom. The molecule has 3 rings (SSSR count). The van der Waals surface area contributed by atoms with Crippen molar-refractivity contribution in [2.75, 3.05) is 13.1 Å². The zero-order valence-electron chi connectivity index (χ0n) is 15.5. The second-order valence-corrected chi connectivity index (χ2v) is 6.67. The van der Waals surface area contributed by atoms with Gasteiger partial charge in [0.05, 0.1) is 12.1 Å². The third-order valence-corrected chi connectivity index (χ3v) is 4.74. The summed E-state index contributed by atoms with van der Waals surface area (Å²) < 4.78 is 24.1. The maximum absolute atomic E-state index is 13.2. The lowest BCUT2D eigenvalue weighted by Gasteiger charge is -2.27. The Hall–Kier alpha value is -2.63. The summed E-state index contributed by atoms with van der Waals surface area (Å²) in [4.78, 5) is 18.2. The van der Waals surface area contributed by atoms with Crippen molar-refractivity contribution in [3.8, 4) is 0 Å². The van der Waals surface area contributed by atoms with Crippen LogP contribution in [0.15, 0.2) is 53.4 Å². The summed E-state index contributed by atoms with van der Waals surface area (Å²) >= 11 is 0. The van der Waals surface area contributed by atoms with Gasteiger partial charge in [0.1, 0.15) is 18.2 Å². The van der Waals surface area contributed by atoms with E-state index in [1.165, 1.54) is 12.1 Å². The normalized spacial score (nSPS) is 17.7. The molecule has 0 spiro atoms. The highest BCUT2D eigenvalue weighted by molar-refractivity contribution is 5.69. The number of oxazole rings is 1. The van der Waals surface area contributed by atoms with Crippen LogP contribution < -0.4 is 0 Å². The molecule has 2 heterocycles. The summed E-state index contributed by atoms with van der Waals surface area (Å²) in [6.45, 7) is 3.57. The highest BCUT2D eigenvalue weighted by atomic mass is 19.1. The molecule has 0 bridgehead atoms. The van der Waals surface area contributed by atoms with E-state index in [9.17, 15) is 9.18 Å². The van der Waals surface area contributed by atoms with Crippen LogP contribution in [0.1, 0.15) is 56.1 Å². The molecule has 0 radical (unpaired) electrons. The number of benzene rings is 1. The van der Waals surface area contributed by atoms with Crippen molar-refractivity contribution < 1.29 is 18.3 Å². The Balaban J connectivity index is 1.52. The minimum absolute atomic E-state index is 0.230. The van der Waals surface area contributed by atoms with Crippen molar-refractivity contribution in [1.82, 2.24) is 9.88 Å². The molecule has 2 atom stereocenters. The van der Waals surface area contributed by atoms with Gasteiger partial charge in [-0.25, -0.2) is 9.37 Å². The maximum Gasteiger partial charge on any atom is 0.306 e. The number of hydrogen-bond donors (Lipinski definition) is 0. The summed E-state index contributed by atoms with van der Waals surface area (Å²) in [7, 11) is 0. The topological polar surface area (TPSA) is 55.6 Å². The fraction of sp³-hybridized carbons (Fsp3) is 0.429. The monoisotopic (exact) mass is 372 g/mol. The number of allylic oxidation sites excluding steroid dienone is 1. The smallest absolute Gasteiger partial charge is 0.306 e. The van der Waals surface area contributed by atoms with E-state index in [-0.39, 0.29) is 23.8 Å². The van der Waals surface area contributed by atoms with E-state index in [0.29, 0.717) is 12.8 Å². The fourth-order valence-corrected chi connectivity index (χ4v) is 3.20. The number of ether oxygens (including phenoxy) is 1. The van der Waals surface area contributed by atoms with Gasteiger partial charge in [-0.2, -0.15) is 0 Å². The molecule has 0 saturated heterocycles. The van der Waals surface area contributed by atoms with Gasteiger partial charge in [-0.05, 0) is 43.2 Å². The largest absolute Gasteiger partial charge is 0.457 e. The minimum Gasteiger partial charge on any atom is -0.457 e. The van der Waals surface area contributed by atoms with Crippen molar-refractivity contribution in [1.29, 1.82) is 0 Å². The van der Waals surface area contributed by atoms with Crippen LogP contribution in [0.2, 0.25) is 0 Å². The van der Waals surface area contributed by atoms with E-state index < -0.39 is 0 Å². The van der Waals surface area contributed by atoms with Crippen LogP contribution in [-0.4, -0.2) is 28.9 Å². The van der Waals surface area contributed by atoms with Gasteiger partial charge in [0.25, 0.3) is 0 Å². The Morgan fingerprint density at radius 2 is 2.22 bits per heavy atom. The first-order chi connectivity index (χ1) is 13.2. The summed E-state index contributed by atoms with van der Waals surface area (Å²) in [5.74, 6) is 0.455. The molecule has 0 N–H and O–H groups in total. The van der Waals surface area contributed by atoms with E-state index in [1.54, 1.807) is 31.5 Å². The van der Waals surface area contributed by atoms with Crippen molar-refractivity contribution in [2.45, 2.75) is 44.6 Å². The highest BCUT2D eigenvalue weighted by Gasteiger charge is 2.20. The van der Waals surface area contributed by atoms with Crippen LogP contribution in [0.5, 0.6) is 0 Å². The quantitative estimate of drug-likeness (QED) is 0.634. The number of hydrogen-bond acceptors (Lipinski definition) is 5. The first-order valence-electron chi connectivity index (χ1n) is 9.42. The molecular weight excluding hydrogens is 347 g/mol. The number of carbonyl (C=O) groups excluding carboxylic acids is 1. The number of esters is 1. The van der Waals surface area contributed by atoms with Gasteiger partial charge in [0, 0.05) is 19.5 Å². The Labute approximate surface area is 158 Å². The zero-order chi connectivity index (χ0) is 19.1. The van der Waals surface area contributed by atoms with E-state index in [1.807, 2.05) is 0 Å². The molecular formula is C21H25FN2O3. The van der Waals surface area contributed by atoms with Crippen molar-refractivity contribution in [3.05, 3.63) is 66.3 Å². The van der Waals surface area contributed by atoms with Crippen LogP contribution in [0.4, 0.5) is 4.39 Å². The standard InChI is InChI=1S/C21H25FN2O3/c1-2-20(25)27-19(16-5-7-18(22)8-6-16)4-3-12-24-13-9-17(10-14-24)21-23-11-15-26-21/h5-9,11,13,15,17,19H,2-4,10,12,14H2,1H3. The second kappa shape index (κ2) is 9.35. The van der Waals surface area contributed by atoms with Crippen LogP contribution in [0.3, 0.4) is 0 Å². The SMILES string of the molecule is CCC(=O)OC(CCCN1C=CC(c2ncco2)CC1)c1ccc(F)cc1. The molecule has 0 amide bonds. The van der Waals surface area contributed by atoms with E-state index in [4.69, 9.17) is 9.15 Å². The minimum atomic E-state index is -0.341. The van der Waals surface area contributed by atoms with Crippen LogP contribution in [0, 0.1) is 5.82 Å². The molecule has 6 heteroatoms. The molecule has 144 valence electrons. The van der Waals surface area contributed by atoms with Gasteiger partial charge in [0.2, 0.25) is 5.89 Å². The van der Waals surface area contributed by atoms with Crippen molar-refractivity contribution in [3.63, 3.8) is 0 Å². The molecule has 5 nitrogen and oxygen atoms in total. The Kier molecular flexibility index (Phi) is 6.63. The molecule has 2 unspecified atom stereocenters. The van der Waals surface area contributed by atoms with Gasteiger partial charge < -0.3 is 14.1 Å². The third kappa shape index (κ3) is 5.42. The van der Waals surface area contributed by atoms with Gasteiger partial charge in [-0.15, -0.1) is 0 Å². The summed E-state index contributed by atoms with van der Waals surface area (Å²) in [5, 5.41) is 0. The van der Waals surface area contributed by atoms with E-state index in [2.05, 4.69) is 22.2 Å². The number of rotatable bonds is 8. The lowest BCUT2D eigenvalue weighted by atomic mass is 10.0. The summed E-state index contributed by atoms with van der Waals surface area (Å²) in [5.41, 5.74) is 0.830. The average Bonchev–Trinajstić information content (AvgIpc) is 3.23. The molecule has 1 aromatic carbocycles. The molecule has 2 aromatic rings. The van der Waals surface area contributed by atoms with E-state index >= 15 is 0 Å². The predicted octanol–water partition coefficient (Wildman–Crippen LogP) is 4.59. The van der Waals surface area contributed by atoms with E-state index in [0.717, 1.165) is 37.4 Å². The molecule has 1 aliphatic heterocycles. The highest BCUT2D eigenvalue weighted by Crippen LogP contribution is 2.26. The molecule has 0 fully saturated rings. The Bertz CT molecular complexity index is 743. The fourth-order valence-electron chi connectivity index (χ4n) is 3.20. The van der Waals surface area contributed by atoms with Gasteiger partial charge in [0.15, 0.2) is 0 Å². The van der Waals surface area contributed by atoms with Gasteiger partial charge >= 0.3 is 5.97 Å². The van der Waals surface area contributed by atoms with Gasteiger partial charge in [-0.1, -0.05) is 25.1 Å². The molecule has 0 saturated carbocycles. The van der Waals surface area contributed by atoms with Crippen molar-refractivity contribution in [2.24, 2.45) is 0 Å². The predicted molar refractivity (Wildman–Crippen MR) is 99.3 cm³/mol. The molecule has 1 aliphatic rings. The first kappa shape index (κ1) is 19.1.